The third-order valence-corrected chi connectivity index (χ3v) is 9.64. The zero-order chi connectivity index (χ0) is 25.5. The summed E-state index contributed by atoms with van der Waals surface area (Å²) in [5.41, 5.74) is 5.07. The van der Waals surface area contributed by atoms with Crippen molar-refractivity contribution in [3.8, 4) is 0 Å². The van der Waals surface area contributed by atoms with Crippen LogP contribution >= 0.6 is 11.9 Å². The molecule has 3 N–H and O–H groups in total. The standard InChI is InChI=1S/C26H34N4O4S2/c1-18-15-19-3-4-20(16-23(19)30(18)36(2,33)34)27-25(32)22-6-5-21(28-35-14-13-31)17-24(22)29-11-9-26(7-8-26)10-12-29/h3-6,16-18,28,31H,7-15H2,1-2H3,(H,27,32). The summed E-state index contributed by atoms with van der Waals surface area (Å²) >= 11 is 1.43. The molecule has 2 fully saturated rings. The fourth-order valence-corrected chi connectivity index (χ4v) is 7.23. The molecular formula is C26H34N4O4S2. The number of carbonyl (C=O) groups is 1. The number of piperidine rings is 1. The molecule has 1 amide bonds. The van der Waals surface area contributed by atoms with E-state index in [9.17, 15) is 13.2 Å². The van der Waals surface area contributed by atoms with Gasteiger partial charge in [0.05, 0.1) is 29.8 Å². The van der Waals surface area contributed by atoms with Gasteiger partial charge in [-0.05, 0) is 80.3 Å². The first-order valence-corrected chi connectivity index (χ1v) is 15.3. The monoisotopic (exact) mass is 530 g/mol. The Kier molecular flexibility index (Phi) is 6.86. The molecule has 1 unspecified atom stereocenters. The minimum atomic E-state index is -3.41. The molecule has 2 heterocycles. The molecule has 0 aromatic heterocycles. The van der Waals surface area contributed by atoms with Crippen LogP contribution in [0, 0.1) is 5.41 Å². The smallest absolute Gasteiger partial charge is 0.257 e. The highest BCUT2D eigenvalue weighted by Crippen LogP contribution is 2.54. The van der Waals surface area contributed by atoms with Crippen molar-refractivity contribution in [3.63, 3.8) is 0 Å². The van der Waals surface area contributed by atoms with E-state index < -0.39 is 10.0 Å². The maximum Gasteiger partial charge on any atom is 0.257 e. The predicted molar refractivity (Wildman–Crippen MR) is 148 cm³/mol. The summed E-state index contributed by atoms with van der Waals surface area (Å²) in [5.74, 6) is 0.355. The van der Waals surface area contributed by atoms with Crippen LogP contribution in [0.1, 0.15) is 48.5 Å². The van der Waals surface area contributed by atoms with Crippen LogP contribution in [0.15, 0.2) is 36.4 Å². The first-order valence-electron chi connectivity index (χ1n) is 12.5. The molecule has 1 atom stereocenters. The molecule has 36 heavy (non-hydrogen) atoms. The molecular weight excluding hydrogens is 496 g/mol. The van der Waals surface area contributed by atoms with Crippen molar-refractivity contribution in [1.29, 1.82) is 0 Å². The molecule has 8 nitrogen and oxygen atoms in total. The highest BCUT2D eigenvalue weighted by molar-refractivity contribution is 8.00. The summed E-state index contributed by atoms with van der Waals surface area (Å²) in [6, 6.07) is 11.1. The summed E-state index contributed by atoms with van der Waals surface area (Å²) in [5, 5.41) is 12.1. The lowest BCUT2D eigenvalue weighted by Crippen LogP contribution is -2.35. The largest absolute Gasteiger partial charge is 0.395 e. The van der Waals surface area contributed by atoms with E-state index in [4.69, 9.17) is 5.11 Å². The van der Waals surface area contributed by atoms with Crippen molar-refractivity contribution in [2.24, 2.45) is 5.41 Å². The van der Waals surface area contributed by atoms with Crippen LogP contribution in [-0.2, 0) is 16.4 Å². The van der Waals surface area contributed by atoms with E-state index in [0.29, 0.717) is 34.5 Å². The van der Waals surface area contributed by atoms with E-state index in [2.05, 4.69) is 14.9 Å². The molecule has 1 saturated carbocycles. The molecule has 0 bridgehead atoms. The number of anilines is 4. The van der Waals surface area contributed by atoms with Gasteiger partial charge in [0, 0.05) is 36.3 Å². The molecule has 10 heteroatoms. The predicted octanol–water partition coefficient (Wildman–Crippen LogP) is 4.08. The first kappa shape index (κ1) is 25.2. The Labute approximate surface area is 217 Å². The first-order chi connectivity index (χ1) is 17.2. The number of hydrogen-bond donors (Lipinski definition) is 3. The van der Waals surface area contributed by atoms with Gasteiger partial charge >= 0.3 is 0 Å². The summed E-state index contributed by atoms with van der Waals surface area (Å²) in [6.07, 6.45) is 6.80. The number of aliphatic hydroxyl groups excluding tert-OH is 1. The van der Waals surface area contributed by atoms with Gasteiger partial charge in [0.1, 0.15) is 0 Å². The van der Waals surface area contributed by atoms with Gasteiger partial charge in [0.25, 0.3) is 5.91 Å². The molecule has 1 aliphatic carbocycles. The minimum absolute atomic E-state index is 0.0928. The van der Waals surface area contributed by atoms with Gasteiger partial charge in [0.15, 0.2) is 0 Å². The molecule has 1 spiro atoms. The number of amides is 1. The Morgan fingerprint density at radius 3 is 2.44 bits per heavy atom. The Hall–Kier alpha value is -2.43. The zero-order valence-corrected chi connectivity index (χ0v) is 22.4. The van der Waals surface area contributed by atoms with E-state index in [0.717, 1.165) is 42.9 Å². The zero-order valence-electron chi connectivity index (χ0n) is 20.8. The number of sulfonamides is 1. The van der Waals surface area contributed by atoms with Crippen LogP contribution in [0.2, 0.25) is 0 Å². The van der Waals surface area contributed by atoms with Gasteiger partial charge < -0.3 is 20.0 Å². The number of rotatable bonds is 8. The van der Waals surface area contributed by atoms with Gasteiger partial charge in [-0.3, -0.25) is 9.10 Å². The van der Waals surface area contributed by atoms with Crippen molar-refractivity contribution < 1.29 is 18.3 Å². The van der Waals surface area contributed by atoms with Crippen molar-refractivity contribution in [2.45, 2.75) is 45.1 Å². The lowest BCUT2D eigenvalue weighted by atomic mass is 9.93. The van der Waals surface area contributed by atoms with Gasteiger partial charge in [-0.1, -0.05) is 18.0 Å². The second kappa shape index (κ2) is 9.79. The molecule has 3 aliphatic rings. The van der Waals surface area contributed by atoms with Crippen LogP contribution < -0.4 is 19.2 Å². The maximum absolute atomic E-state index is 13.5. The third-order valence-electron chi connectivity index (χ3n) is 7.60. The van der Waals surface area contributed by atoms with E-state index in [-0.39, 0.29) is 18.6 Å². The number of benzene rings is 2. The Bertz CT molecular complexity index is 1250. The van der Waals surface area contributed by atoms with Crippen molar-refractivity contribution in [2.75, 3.05) is 50.9 Å². The average molecular weight is 531 g/mol. The summed E-state index contributed by atoms with van der Waals surface area (Å²) < 4.78 is 29.4. The summed E-state index contributed by atoms with van der Waals surface area (Å²) in [6.45, 7) is 3.83. The molecule has 5 rings (SSSR count). The molecule has 194 valence electrons. The number of fused-ring (bicyclic) bond motifs is 1. The number of nitrogens with zero attached hydrogens (tertiary/aromatic N) is 2. The summed E-state index contributed by atoms with van der Waals surface area (Å²) in [4.78, 5) is 15.8. The third kappa shape index (κ3) is 5.17. The normalized spacial score (nSPS) is 20.4. The average Bonchev–Trinajstić information content (AvgIpc) is 3.49. The highest BCUT2D eigenvalue weighted by Gasteiger charge is 2.44. The molecule has 0 radical (unpaired) electrons. The molecule has 2 aromatic rings. The number of nitrogens with one attached hydrogen (secondary N) is 2. The lowest BCUT2D eigenvalue weighted by Gasteiger charge is -2.35. The highest BCUT2D eigenvalue weighted by atomic mass is 32.2. The second-order valence-corrected chi connectivity index (χ2v) is 13.1. The van der Waals surface area contributed by atoms with Crippen LogP contribution in [0.3, 0.4) is 0 Å². The van der Waals surface area contributed by atoms with Gasteiger partial charge in [-0.2, -0.15) is 0 Å². The number of carbonyl (C=O) groups excluding carboxylic acids is 1. The van der Waals surface area contributed by atoms with E-state index >= 15 is 0 Å². The van der Waals surface area contributed by atoms with Crippen LogP contribution in [0.4, 0.5) is 22.7 Å². The summed E-state index contributed by atoms with van der Waals surface area (Å²) in [7, 11) is -3.41. The molecule has 2 aliphatic heterocycles. The fraction of sp³-hybridized carbons (Fsp3) is 0.500. The van der Waals surface area contributed by atoms with Crippen LogP contribution in [0.25, 0.3) is 0 Å². The van der Waals surface area contributed by atoms with E-state index in [1.807, 2.05) is 37.3 Å². The number of hydrogen-bond acceptors (Lipinski definition) is 7. The van der Waals surface area contributed by atoms with Crippen molar-refractivity contribution in [1.82, 2.24) is 0 Å². The topological polar surface area (TPSA) is 102 Å². The lowest BCUT2D eigenvalue weighted by molar-refractivity contribution is 0.102. The Morgan fingerprint density at radius 2 is 1.78 bits per heavy atom. The van der Waals surface area contributed by atoms with Gasteiger partial charge in [0.2, 0.25) is 10.0 Å². The molecule has 1 saturated heterocycles. The van der Waals surface area contributed by atoms with Gasteiger partial charge in [-0.25, -0.2) is 8.42 Å². The Morgan fingerprint density at radius 1 is 1.08 bits per heavy atom. The minimum Gasteiger partial charge on any atom is -0.395 e. The van der Waals surface area contributed by atoms with Gasteiger partial charge in [-0.15, -0.1) is 0 Å². The van der Waals surface area contributed by atoms with Crippen LogP contribution in [0.5, 0.6) is 0 Å². The second-order valence-electron chi connectivity index (χ2n) is 10.3. The number of aliphatic hydroxyl groups is 1. The van der Waals surface area contributed by atoms with Crippen molar-refractivity contribution >= 4 is 50.6 Å². The maximum atomic E-state index is 13.5. The quantitative estimate of drug-likeness (QED) is 0.349. The van der Waals surface area contributed by atoms with Crippen molar-refractivity contribution in [3.05, 3.63) is 47.5 Å². The van der Waals surface area contributed by atoms with Crippen LogP contribution in [-0.4, -0.2) is 57.2 Å². The van der Waals surface area contributed by atoms with E-state index in [1.165, 1.54) is 35.4 Å². The fourth-order valence-electron chi connectivity index (χ4n) is 5.49. The Balaban J connectivity index is 1.40. The van der Waals surface area contributed by atoms with E-state index in [1.54, 1.807) is 6.07 Å². The molecule has 2 aromatic carbocycles. The SMILES string of the molecule is CC1Cc2ccc(NC(=O)c3ccc(NSCCO)cc3N3CCC4(CC3)CC4)cc2N1S(C)(=O)=O.